The monoisotopic (exact) mass is 479 g/mol. The predicted molar refractivity (Wildman–Crippen MR) is 133 cm³/mol. The number of hydrogen-bond donors (Lipinski definition) is 1. The Morgan fingerprint density at radius 1 is 1.15 bits per heavy atom. The topological polar surface area (TPSA) is 63.6 Å². The summed E-state index contributed by atoms with van der Waals surface area (Å²) in [5.41, 5.74) is 1.30. The summed E-state index contributed by atoms with van der Waals surface area (Å²) in [6.45, 7) is 2.55. The van der Waals surface area contributed by atoms with Gasteiger partial charge in [0.1, 0.15) is 17.0 Å². The van der Waals surface area contributed by atoms with Crippen molar-refractivity contribution in [2.45, 2.75) is 63.7 Å². The van der Waals surface area contributed by atoms with Crippen molar-refractivity contribution in [3.63, 3.8) is 0 Å². The van der Waals surface area contributed by atoms with Gasteiger partial charge >= 0.3 is 0 Å². The molecule has 2 amide bonds. The fourth-order valence-electron chi connectivity index (χ4n) is 5.31. The number of amides is 2. The van der Waals surface area contributed by atoms with Crippen molar-refractivity contribution in [1.29, 1.82) is 0 Å². The third kappa shape index (κ3) is 4.05. The molecule has 2 aromatic carbocycles. The lowest BCUT2D eigenvalue weighted by Gasteiger charge is -2.45. The summed E-state index contributed by atoms with van der Waals surface area (Å²) in [5, 5.41) is 4.83. The van der Waals surface area contributed by atoms with Crippen LogP contribution in [0.1, 0.15) is 55.1 Å². The highest BCUT2D eigenvalue weighted by Crippen LogP contribution is 2.35. The third-order valence-electron chi connectivity index (χ3n) is 7.30. The first kappa shape index (κ1) is 22.8. The summed E-state index contributed by atoms with van der Waals surface area (Å²) in [4.78, 5) is 29.4. The quantitative estimate of drug-likeness (QED) is 0.549. The highest BCUT2D eigenvalue weighted by atomic mass is 35.5. The lowest BCUT2D eigenvalue weighted by molar-refractivity contribution is -0.134. The molecule has 7 heteroatoms. The van der Waals surface area contributed by atoms with E-state index in [2.05, 4.69) is 5.32 Å². The largest absolute Gasteiger partial charge is 0.497 e. The lowest BCUT2D eigenvalue weighted by atomic mass is 9.91. The van der Waals surface area contributed by atoms with Gasteiger partial charge in [0, 0.05) is 29.1 Å². The van der Waals surface area contributed by atoms with Crippen molar-refractivity contribution < 1.29 is 14.3 Å². The van der Waals surface area contributed by atoms with Gasteiger partial charge in [-0.15, -0.1) is 0 Å². The van der Waals surface area contributed by atoms with Gasteiger partial charge in [0.05, 0.1) is 19.2 Å². The number of halogens is 1. The zero-order valence-corrected chi connectivity index (χ0v) is 20.4. The molecule has 0 spiro atoms. The lowest BCUT2D eigenvalue weighted by Crippen LogP contribution is -2.64. The summed E-state index contributed by atoms with van der Waals surface area (Å²) in [6.07, 6.45) is 5.43. The maximum absolute atomic E-state index is 13.9. The van der Waals surface area contributed by atoms with Gasteiger partial charge in [-0.3, -0.25) is 9.59 Å². The Morgan fingerprint density at radius 2 is 1.94 bits per heavy atom. The maximum Gasteiger partial charge on any atom is 0.271 e. The molecule has 0 bridgehead atoms. The standard InChI is InChI=1S/C27H30ClN3O3/c1-27(26(33)29-21-9-4-3-5-10-21)17-30-23-15-22(34-2)12-11-19(23)14-24(30)25(32)31(27)16-18-7-6-8-20(28)13-18/h6-8,11-15,21H,3-5,9-10,16-17H2,1-2H3,(H,29,33)/t27-/m0/s1. The molecular formula is C27H30ClN3O3. The first-order chi connectivity index (χ1) is 16.4. The van der Waals surface area contributed by atoms with E-state index >= 15 is 0 Å². The highest BCUT2D eigenvalue weighted by Gasteiger charge is 2.48. The number of carbonyl (C=O) groups excluding carboxylic acids is 2. The molecule has 0 unspecified atom stereocenters. The number of aromatic nitrogens is 1. The molecule has 1 fully saturated rings. The summed E-state index contributed by atoms with van der Waals surface area (Å²) in [5.74, 6) is 0.448. The second kappa shape index (κ2) is 8.99. The zero-order valence-electron chi connectivity index (χ0n) is 19.6. The van der Waals surface area contributed by atoms with Gasteiger partial charge in [-0.1, -0.05) is 43.0 Å². The maximum atomic E-state index is 13.9. The van der Waals surface area contributed by atoms with E-state index in [0.29, 0.717) is 23.8 Å². The molecule has 178 valence electrons. The number of benzene rings is 2. The van der Waals surface area contributed by atoms with Crippen molar-refractivity contribution in [2.75, 3.05) is 7.11 Å². The average Bonchev–Trinajstić information content (AvgIpc) is 3.20. The highest BCUT2D eigenvalue weighted by molar-refractivity contribution is 6.30. The van der Waals surface area contributed by atoms with Gasteiger partial charge < -0.3 is 19.5 Å². The summed E-state index contributed by atoms with van der Waals surface area (Å²) < 4.78 is 7.39. The molecule has 0 saturated heterocycles. The molecule has 34 heavy (non-hydrogen) atoms. The smallest absolute Gasteiger partial charge is 0.271 e. The minimum atomic E-state index is -1.06. The molecule has 2 aliphatic rings. The molecule has 1 N–H and O–H groups in total. The minimum absolute atomic E-state index is 0.106. The van der Waals surface area contributed by atoms with Crippen molar-refractivity contribution in [3.05, 3.63) is 64.8 Å². The fraction of sp³-hybridized carbons (Fsp3) is 0.407. The molecule has 1 aliphatic heterocycles. The summed E-state index contributed by atoms with van der Waals surface area (Å²) in [6, 6.07) is 15.3. The third-order valence-corrected chi connectivity index (χ3v) is 7.53. The van der Waals surface area contributed by atoms with E-state index in [1.165, 1.54) is 6.42 Å². The van der Waals surface area contributed by atoms with E-state index in [4.69, 9.17) is 16.3 Å². The van der Waals surface area contributed by atoms with Crippen LogP contribution in [0.5, 0.6) is 5.75 Å². The Kier molecular flexibility index (Phi) is 6.02. The molecular weight excluding hydrogens is 450 g/mol. The predicted octanol–water partition coefficient (Wildman–Crippen LogP) is 5.17. The number of ether oxygens (including phenoxy) is 1. The molecule has 0 radical (unpaired) electrons. The summed E-state index contributed by atoms with van der Waals surface area (Å²) in [7, 11) is 1.63. The van der Waals surface area contributed by atoms with E-state index in [9.17, 15) is 9.59 Å². The molecule has 3 aromatic rings. The van der Waals surface area contributed by atoms with Gasteiger partial charge in [-0.25, -0.2) is 0 Å². The number of carbonyl (C=O) groups is 2. The van der Waals surface area contributed by atoms with Crippen LogP contribution in [0.25, 0.3) is 10.9 Å². The van der Waals surface area contributed by atoms with Crippen molar-refractivity contribution in [1.82, 2.24) is 14.8 Å². The van der Waals surface area contributed by atoms with Crippen LogP contribution in [0.2, 0.25) is 5.02 Å². The van der Waals surface area contributed by atoms with E-state index < -0.39 is 5.54 Å². The molecule has 2 heterocycles. The molecule has 1 aliphatic carbocycles. The van der Waals surface area contributed by atoms with E-state index in [1.54, 1.807) is 12.0 Å². The Balaban J connectivity index is 1.57. The van der Waals surface area contributed by atoms with E-state index in [1.807, 2.05) is 60.0 Å². The number of rotatable bonds is 5. The molecule has 1 aromatic heterocycles. The van der Waals surface area contributed by atoms with E-state index in [0.717, 1.165) is 47.9 Å². The van der Waals surface area contributed by atoms with E-state index in [-0.39, 0.29) is 17.9 Å². The van der Waals surface area contributed by atoms with Gasteiger partial charge in [-0.2, -0.15) is 0 Å². The fourth-order valence-corrected chi connectivity index (χ4v) is 5.52. The normalized spacial score (nSPS) is 20.9. The van der Waals surface area contributed by atoms with Crippen molar-refractivity contribution >= 4 is 34.3 Å². The average molecular weight is 480 g/mol. The second-order valence-electron chi connectivity index (χ2n) is 9.64. The number of fused-ring (bicyclic) bond motifs is 3. The number of hydrogen-bond acceptors (Lipinski definition) is 3. The van der Waals surface area contributed by atoms with Crippen LogP contribution in [0.3, 0.4) is 0 Å². The first-order valence-corrected chi connectivity index (χ1v) is 12.3. The van der Waals surface area contributed by atoms with Crippen LogP contribution in [-0.4, -0.2) is 40.0 Å². The molecule has 6 nitrogen and oxygen atoms in total. The number of nitrogens with zero attached hydrogens (tertiary/aromatic N) is 2. The van der Waals surface area contributed by atoms with Crippen LogP contribution in [0.4, 0.5) is 0 Å². The van der Waals surface area contributed by atoms with Crippen LogP contribution in [0.15, 0.2) is 48.5 Å². The Hall–Kier alpha value is -2.99. The SMILES string of the molecule is COc1ccc2cc3n(c2c1)C[C@@](C)(C(=O)NC1CCCCC1)N(Cc1cccc(Cl)c1)C3=O. The Morgan fingerprint density at radius 3 is 2.68 bits per heavy atom. The molecule has 5 rings (SSSR count). The second-order valence-corrected chi connectivity index (χ2v) is 10.1. The number of nitrogens with one attached hydrogen (secondary N) is 1. The number of methoxy groups -OCH3 is 1. The molecule has 1 atom stereocenters. The summed E-state index contributed by atoms with van der Waals surface area (Å²) >= 11 is 6.23. The van der Waals surface area contributed by atoms with Crippen molar-refractivity contribution in [3.8, 4) is 5.75 Å². The zero-order chi connectivity index (χ0) is 23.9. The Bertz CT molecular complexity index is 1250. The van der Waals surface area contributed by atoms with Crippen LogP contribution in [0, 0.1) is 0 Å². The first-order valence-electron chi connectivity index (χ1n) is 11.9. The van der Waals surface area contributed by atoms with Gasteiger partial charge in [0.25, 0.3) is 5.91 Å². The Labute approximate surface area is 204 Å². The van der Waals surface area contributed by atoms with Crippen molar-refractivity contribution in [2.24, 2.45) is 0 Å². The van der Waals surface area contributed by atoms with Gasteiger partial charge in [0.15, 0.2) is 0 Å². The van der Waals surface area contributed by atoms with Crippen LogP contribution in [-0.2, 0) is 17.9 Å². The van der Waals surface area contributed by atoms with Crippen LogP contribution < -0.4 is 10.1 Å². The minimum Gasteiger partial charge on any atom is -0.497 e. The van der Waals surface area contributed by atoms with Gasteiger partial charge in [-0.05, 0) is 55.7 Å². The van der Waals surface area contributed by atoms with Gasteiger partial charge in [0.2, 0.25) is 5.91 Å². The molecule has 1 saturated carbocycles. The van der Waals surface area contributed by atoms with Crippen LogP contribution >= 0.6 is 11.6 Å².